The lowest BCUT2D eigenvalue weighted by Crippen LogP contribution is -2.36. The fourth-order valence-corrected chi connectivity index (χ4v) is 1.61. The molecule has 12 heavy (non-hydrogen) atoms. The van der Waals surface area contributed by atoms with Gasteiger partial charge < -0.3 is 9.38 Å². The molecule has 0 aliphatic rings. The van der Waals surface area contributed by atoms with Crippen molar-refractivity contribution in [1.29, 1.82) is 0 Å². The molecule has 72 valence electrons. The largest absolute Gasteiger partial charge is 0.340 e. The lowest BCUT2D eigenvalue weighted by molar-refractivity contribution is -0.867. The van der Waals surface area contributed by atoms with Crippen molar-refractivity contribution in [2.24, 2.45) is 0 Å². The van der Waals surface area contributed by atoms with Crippen molar-refractivity contribution < 1.29 is 9.28 Å². The summed E-state index contributed by atoms with van der Waals surface area (Å²) in [6, 6.07) is 0. The van der Waals surface area contributed by atoms with Crippen molar-refractivity contribution in [2.45, 2.75) is 0 Å². The van der Waals surface area contributed by atoms with E-state index < -0.39 is 0 Å². The average molecular weight is 191 g/mol. The molecule has 0 spiro atoms. The second-order valence-electron chi connectivity index (χ2n) is 4.02. The minimum absolute atomic E-state index is 0.142. The van der Waals surface area contributed by atoms with Crippen LogP contribution in [0.3, 0.4) is 0 Å². The Morgan fingerprint density at radius 1 is 1.33 bits per heavy atom. The maximum Gasteiger partial charge on any atom is 0.281 e. The monoisotopic (exact) mass is 191 g/mol. The van der Waals surface area contributed by atoms with Gasteiger partial charge in [0.25, 0.3) is 5.24 Å². The summed E-state index contributed by atoms with van der Waals surface area (Å²) in [5.74, 6) is 0.889. The van der Waals surface area contributed by atoms with Crippen LogP contribution >= 0.6 is 11.8 Å². The highest BCUT2D eigenvalue weighted by Crippen LogP contribution is 2.06. The van der Waals surface area contributed by atoms with Crippen LogP contribution < -0.4 is 0 Å². The Bertz CT molecular complexity index is 152. The molecule has 4 heteroatoms. The minimum atomic E-state index is 0.142. The molecule has 0 aromatic carbocycles. The second-order valence-corrected chi connectivity index (χ2v) is 5.07. The lowest BCUT2D eigenvalue weighted by atomic mass is 10.6. The summed E-state index contributed by atoms with van der Waals surface area (Å²) in [4.78, 5) is 12.7. The number of nitrogens with zero attached hydrogens (tertiary/aromatic N) is 2. The van der Waals surface area contributed by atoms with E-state index in [0.29, 0.717) is 0 Å². The van der Waals surface area contributed by atoms with E-state index in [1.165, 1.54) is 11.8 Å². The number of carbonyl (C=O) groups excluding carboxylic acids is 1. The van der Waals surface area contributed by atoms with Gasteiger partial charge in [-0.1, -0.05) is 11.8 Å². The molecule has 0 atom stereocenters. The molecule has 0 radical (unpaired) electrons. The molecule has 0 bridgehead atoms. The van der Waals surface area contributed by atoms with E-state index in [4.69, 9.17) is 0 Å². The molecule has 0 saturated heterocycles. The van der Waals surface area contributed by atoms with Gasteiger partial charge in [0.1, 0.15) is 0 Å². The molecular formula is C8H19N2OS+. The third-order valence-electron chi connectivity index (χ3n) is 1.35. The molecule has 0 unspecified atom stereocenters. The van der Waals surface area contributed by atoms with Crippen molar-refractivity contribution in [3.8, 4) is 0 Å². The summed E-state index contributed by atoms with van der Waals surface area (Å²) >= 11 is 1.38. The standard InChI is InChI=1S/C8H19N2OS/c1-9(2)8(11)12-7-6-10(3,4)5/h6-7H2,1-5H3/q+1. The highest BCUT2D eigenvalue weighted by molar-refractivity contribution is 8.13. The van der Waals surface area contributed by atoms with Gasteiger partial charge >= 0.3 is 0 Å². The average Bonchev–Trinajstić information content (AvgIpc) is 1.84. The molecule has 0 saturated carbocycles. The SMILES string of the molecule is CN(C)C(=O)SCC[N+](C)(C)C. The Morgan fingerprint density at radius 2 is 1.83 bits per heavy atom. The Hall–Kier alpha value is -0.220. The molecular weight excluding hydrogens is 172 g/mol. The van der Waals surface area contributed by atoms with Gasteiger partial charge in [0.2, 0.25) is 0 Å². The van der Waals surface area contributed by atoms with E-state index in [1.807, 2.05) is 0 Å². The Labute approximate surface area is 79.3 Å². The van der Waals surface area contributed by atoms with Crippen LogP contribution in [0.2, 0.25) is 0 Å². The van der Waals surface area contributed by atoms with Crippen molar-refractivity contribution in [3.63, 3.8) is 0 Å². The first-order chi connectivity index (χ1) is 5.33. The maximum atomic E-state index is 11.1. The van der Waals surface area contributed by atoms with E-state index in [1.54, 1.807) is 19.0 Å². The predicted molar refractivity (Wildman–Crippen MR) is 54.4 cm³/mol. The van der Waals surface area contributed by atoms with E-state index >= 15 is 0 Å². The van der Waals surface area contributed by atoms with Gasteiger partial charge in [0, 0.05) is 14.1 Å². The Balaban J connectivity index is 3.51. The summed E-state index contributed by atoms with van der Waals surface area (Å²) in [6.45, 7) is 1.02. The van der Waals surface area contributed by atoms with Gasteiger partial charge in [-0.3, -0.25) is 4.79 Å². The molecule has 0 aromatic rings. The first kappa shape index (κ1) is 11.8. The van der Waals surface area contributed by atoms with Gasteiger partial charge in [-0.25, -0.2) is 0 Å². The highest BCUT2D eigenvalue weighted by atomic mass is 32.2. The van der Waals surface area contributed by atoms with Crippen LogP contribution in [0.15, 0.2) is 0 Å². The molecule has 1 amide bonds. The summed E-state index contributed by atoms with van der Waals surface area (Å²) in [6.07, 6.45) is 0. The summed E-state index contributed by atoms with van der Waals surface area (Å²) < 4.78 is 0.910. The van der Waals surface area contributed by atoms with Crippen LogP contribution in [0.5, 0.6) is 0 Å². The molecule has 0 aliphatic carbocycles. The van der Waals surface area contributed by atoms with E-state index in [-0.39, 0.29) is 5.24 Å². The van der Waals surface area contributed by atoms with E-state index in [2.05, 4.69) is 21.1 Å². The van der Waals surface area contributed by atoms with E-state index in [9.17, 15) is 4.79 Å². The molecule has 0 N–H and O–H groups in total. The first-order valence-electron chi connectivity index (χ1n) is 3.97. The van der Waals surface area contributed by atoms with Crippen LogP contribution in [0.4, 0.5) is 4.79 Å². The highest BCUT2D eigenvalue weighted by Gasteiger charge is 2.09. The van der Waals surface area contributed by atoms with Crippen molar-refractivity contribution in [2.75, 3.05) is 47.5 Å². The fraction of sp³-hybridized carbons (Fsp3) is 0.875. The number of hydrogen-bond donors (Lipinski definition) is 0. The normalized spacial score (nSPS) is 11.4. The van der Waals surface area contributed by atoms with Crippen LogP contribution in [-0.2, 0) is 0 Å². The number of hydrogen-bond acceptors (Lipinski definition) is 2. The van der Waals surface area contributed by atoms with Gasteiger partial charge in [-0.05, 0) is 0 Å². The maximum absolute atomic E-state index is 11.1. The molecule has 0 heterocycles. The van der Waals surface area contributed by atoms with Crippen LogP contribution in [0.25, 0.3) is 0 Å². The summed E-state index contributed by atoms with van der Waals surface area (Å²) in [5.41, 5.74) is 0. The molecule has 3 nitrogen and oxygen atoms in total. The smallest absolute Gasteiger partial charge is 0.281 e. The van der Waals surface area contributed by atoms with Gasteiger partial charge in [0.15, 0.2) is 0 Å². The quantitative estimate of drug-likeness (QED) is 0.623. The second kappa shape index (κ2) is 4.72. The Morgan fingerprint density at radius 3 is 2.17 bits per heavy atom. The van der Waals surface area contributed by atoms with Crippen molar-refractivity contribution in [3.05, 3.63) is 0 Å². The van der Waals surface area contributed by atoms with Crippen molar-refractivity contribution >= 4 is 17.0 Å². The molecule has 0 aromatic heterocycles. The summed E-state index contributed by atoms with van der Waals surface area (Å²) in [5, 5.41) is 0.142. The third-order valence-corrected chi connectivity index (χ3v) is 2.35. The fourth-order valence-electron chi connectivity index (χ4n) is 0.536. The zero-order chi connectivity index (χ0) is 9.78. The van der Waals surface area contributed by atoms with Gasteiger partial charge in [-0.15, -0.1) is 0 Å². The predicted octanol–water partition coefficient (Wildman–Crippen LogP) is 1.11. The zero-order valence-electron chi connectivity index (χ0n) is 8.63. The van der Waals surface area contributed by atoms with Gasteiger partial charge in [-0.2, -0.15) is 0 Å². The minimum Gasteiger partial charge on any atom is -0.340 e. The molecule has 0 fully saturated rings. The molecule has 0 aliphatic heterocycles. The third kappa shape index (κ3) is 6.49. The topological polar surface area (TPSA) is 20.3 Å². The van der Waals surface area contributed by atoms with Gasteiger partial charge in [0.05, 0.1) is 33.4 Å². The number of thioether (sulfide) groups is 1. The van der Waals surface area contributed by atoms with Crippen LogP contribution in [-0.4, -0.2) is 62.2 Å². The molecule has 0 rings (SSSR count). The number of carbonyl (C=O) groups is 1. The van der Waals surface area contributed by atoms with Crippen molar-refractivity contribution in [1.82, 2.24) is 4.90 Å². The summed E-state index contributed by atoms with van der Waals surface area (Å²) in [7, 11) is 9.94. The number of amides is 1. The Kier molecular flexibility index (Phi) is 4.63. The van der Waals surface area contributed by atoms with Crippen LogP contribution in [0, 0.1) is 0 Å². The first-order valence-corrected chi connectivity index (χ1v) is 4.96. The zero-order valence-corrected chi connectivity index (χ0v) is 9.44. The van der Waals surface area contributed by atoms with Crippen LogP contribution in [0.1, 0.15) is 0 Å². The van der Waals surface area contributed by atoms with E-state index in [0.717, 1.165) is 16.8 Å². The lowest BCUT2D eigenvalue weighted by Gasteiger charge is -2.23. The number of rotatable bonds is 3. The number of quaternary nitrogens is 1.